The van der Waals surface area contributed by atoms with Crippen molar-refractivity contribution in [2.24, 2.45) is 0 Å². The standard InChI is InChI=1S/C22H46O4S.Na/c1-3-5-7-8-9-10-11-12-13-14-15-17-18-21(23)20-22(27(24,25)26)19-16-6-4-2;/h21-23H,3-20H2,1-2H3,(H,24,25,26);/q;+1/p-1. The van der Waals surface area contributed by atoms with Crippen molar-refractivity contribution in [3.63, 3.8) is 0 Å². The molecule has 0 aliphatic carbocycles. The first-order valence-corrected chi connectivity index (χ1v) is 13.0. The number of aliphatic hydroxyl groups excluding tert-OH is 1. The minimum Gasteiger partial charge on any atom is -0.748 e. The molecule has 0 rings (SSSR count). The minimum atomic E-state index is -4.31. The Hall–Kier alpha value is 0.870. The van der Waals surface area contributed by atoms with Crippen molar-refractivity contribution in [3.8, 4) is 0 Å². The van der Waals surface area contributed by atoms with E-state index in [4.69, 9.17) is 0 Å². The molecule has 0 bridgehead atoms. The van der Waals surface area contributed by atoms with Crippen LogP contribution in [0, 0.1) is 0 Å². The van der Waals surface area contributed by atoms with Crippen LogP contribution in [-0.2, 0) is 10.1 Å². The summed E-state index contributed by atoms with van der Waals surface area (Å²) in [5, 5.41) is 9.18. The molecule has 0 aromatic carbocycles. The van der Waals surface area contributed by atoms with Gasteiger partial charge in [0, 0.05) is 0 Å². The first kappa shape index (κ1) is 31.1. The quantitative estimate of drug-likeness (QED) is 0.183. The molecule has 0 saturated carbocycles. The zero-order valence-electron chi connectivity index (χ0n) is 19.0. The molecular formula is C22H45NaO4S. The Bertz CT molecular complexity index is 415. The Labute approximate surface area is 197 Å². The van der Waals surface area contributed by atoms with E-state index in [1.165, 1.54) is 64.2 Å². The monoisotopic (exact) mass is 428 g/mol. The van der Waals surface area contributed by atoms with Crippen LogP contribution < -0.4 is 29.6 Å². The van der Waals surface area contributed by atoms with Crippen LogP contribution in [0.25, 0.3) is 0 Å². The largest absolute Gasteiger partial charge is 1.00 e. The third kappa shape index (κ3) is 20.2. The van der Waals surface area contributed by atoms with Crippen LogP contribution in [0.1, 0.15) is 129 Å². The van der Waals surface area contributed by atoms with E-state index in [1.54, 1.807) is 0 Å². The second-order valence-electron chi connectivity index (χ2n) is 8.18. The molecule has 0 fully saturated rings. The molecule has 164 valence electrons. The van der Waals surface area contributed by atoms with Gasteiger partial charge >= 0.3 is 29.6 Å². The van der Waals surface area contributed by atoms with Crippen LogP contribution in [0.2, 0.25) is 0 Å². The van der Waals surface area contributed by atoms with Gasteiger partial charge in [-0.25, -0.2) is 8.42 Å². The van der Waals surface area contributed by atoms with Gasteiger partial charge in [0.25, 0.3) is 0 Å². The maximum Gasteiger partial charge on any atom is 1.00 e. The minimum absolute atomic E-state index is 0. The van der Waals surface area contributed by atoms with E-state index in [9.17, 15) is 18.1 Å². The summed E-state index contributed by atoms with van der Waals surface area (Å²) in [6.07, 6.45) is 18.3. The van der Waals surface area contributed by atoms with E-state index in [2.05, 4.69) is 6.92 Å². The summed E-state index contributed by atoms with van der Waals surface area (Å²) >= 11 is 0. The molecule has 0 aromatic heterocycles. The van der Waals surface area contributed by atoms with Crippen LogP contribution >= 0.6 is 0 Å². The second-order valence-corrected chi connectivity index (χ2v) is 9.83. The van der Waals surface area contributed by atoms with Gasteiger partial charge in [0.1, 0.15) is 0 Å². The van der Waals surface area contributed by atoms with Crippen molar-refractivity contribution >= 4 is 10.1 Å². The third-order valence-corrected chi connectivity index (χ3v) is 6.71. The van der Waals surface area contributed by atoms with Gasteiger partial charge in [0.2, 0.25) is 0 Å². The van der Waals surface area contributed by atoms with Gasteiger partial charge in [-0.1, -0.05) is 110 Å². The molecule has 0 aromatic rings. The fraction of sp³-hybridized carbons (Fsp3) is 1.00. The van der Waals surface area contributed by atoms with Gasteiger partial charge in [-0.15, -0.1) is 0 Å². The van der Waals surface area contributed by atoms with Crippen LogP contribution in [0.3, 0.4) is 0 Å². The molecule has 0 heterocycles. The molecule has 2 unspecified atom stereocenters. The Morgan fingerprint density at radius 1 is 0.679 bits per heavy atom. The zero-order valence-corrected chi connectivity index (χ0v) is 21.8. The smallest absolute Gasteiger partial charge is 0.748 e. The molecule has 4 nitrogen and oxygen atoms in total. The van der Waals surface area contributed by atoms with Crippen molar-refractivity contribution < 1.29 is 47.6 Å². The molecule has 0 radical (unpaired) electrons. The zero-order chi connectivity index (χ0) is 20.4. The summed E-state index contributed by atoms with van der Waals surface area (Å²) in [6.45, 7) is 4.29. The third-order valence-electron chi connectivity index (χ3n) is 5.46. The molecule has 6 heteroatoms. The summed E-state index contributed by atoms with van der Waals surface area (Å²) in [4.78, 5) is 0. The fourth-order valence-electron chi connectivity index (χ4n) is 3.64. The summed E-state index contributed by atoms with van der Waals surface area (Å²) in [7, 11) is -4.31. The van der Waals surface area contributed by atoms with Crippen LogP contribution in [0.4, 0.5) is 0 Å². The molecule has 1 N–H and O–H groups in total. The number of rotatable bonds is 20. The van der Waals surface area contributed by atoms with E-state index < -0.39 is 21.5 Å². The van der Waals surface area contributed by atoms with Crippen molar-refractivity contribution in [2.75, 3.05) is 0 Å². The maximum atomic E-state index is 11.4. The average molecular weight is 429 g/mol. The van der Waals surface area contributed by atoms with Gasteiger partial charge in [-0.2, -0.15) is 0 Å². The van der Waals surface area contributed by atoms with Crippen molar-refractivity contribution in [3.05, 3.63) is 0 Å². The van der Waals surface area contributed by atoms with E-state index in [0.29, 0.717) is 12.8 Å². The molecule has 0 saturated heterocycles. The van der Waals surface area contributed by atoms with Gasteiger partial charge in [-0.05, 0) is 19.3 Å². The number of aliphatic hydroxyl groups is 1. The Morgan fingerprint density at radius 2 is 1.04 bits per heavy atom. The SMILES string of the molecule is CCCCCCCCCCCCCCC(O)CC(CCCCC)S(=O)(=O)[O-].[Na+]. The van der Waals surface area contributed by atoms with Gasteiger partial charge < -0.3 is 9.66 Å². The summed E-state index contributed by atoms with van der Waals surface area (Å²) in [5.74, 6) is 0. The molecule has 0 aliphatic heterocycles. The maximum absolute atomic E-state index is 11.4. The normalized spacial score (nSPS) is 13.9. The predicted octanol–water partition coefficient (Wildman–Crippen LogP) is 3.33. The Balaban J connectivity index is 0. The first-order chi connectivity index (χ1) is 12.9. The number of unbranched alkanes of at least 4 members (excludes halogenated alkanes) is 13. The molecule has 0 spiro atoms. The van der Waals surface area contributed by atoms with E-state index in [-0.39, 0.29) is 36.0 Å². The van der Waals surface area contributed by atoms with Gasteiger partial charge in [-0.3, -0.25) is 0 Å². The number of hydrogen-bond acceptors (Lipinski definition) is 4. The van der Waals surface area contributed by atoms with Crippen LogP contribution in [-0.4, -0.2) is 29.4 Å². The Kier molecular flexibility index (Phi) is 23.4. The molecular weight excluding hydrogens is 383 g/mol. The van der Waals surface area contributed by atoms with Crippen molar-refractivity contribution in [2.45, 2.75) is 141 Å². The van der Waals surface area contributed by atoms with Gasteiger partial charge in [0.15, 0.2) is 0 Å². The number of hydrogen-bond donors (Lipinski definition) is 1. The van der Waals surface area contributed by atoms with E-state index >= 15 is 0 Å². The fourth-order valence-corrected chi connectivity index (χ4v) is 4.56. The summed E-state index contributed by atoms with van der Waals surface area (Å²) < 4.78 is 34.1. The average Bonchev–Trinajstić information content (AvgIpc) is 2.61. The summed E-state index contributed by atoms with van der Waals surface area (Å²) in [6, 6.07) is 0. The van der Waals surface area contributed by atoms with E-state index in [0.717, 1.165) is 32.1 Å². The summed E-state index contributed by atoms with van der Waals surface area (Å²) in [5.41, 5.74) is 0. The van der Waals surface area contributed by atoms with E-state index in [1.807, 2.05) is 6.92 Å². The first-order valence-electron chi connectivity index (χ1n) is 11.5. The topological polar surface area (TPSA) is 77.4 Å². The van der Waals surface area contributed by atoms with Crippen molar-refractivity contribution in [1.29, 1.82) is 0 Å². The predicted molar refractivity (Wildman–Crippen MR) is 114 cm³/mol. The molecule has 0 aliphatic rings. The molecule has 28 heavy (non-hydrogen) atoms. The molecule has 2 atom stereocenters. The van der Waals surface area contributed by atoms with Gasteiger partial charge in [0.05, 0.1) is 21.5 Å². The molecule has 0 amide bonds. The van der Waals surface area contributed by atoms with Crippen LogP contribution in [0.5, 0.6) is 0 Å². The van der Waals surface area contributed by atoms with Crippen molar-refractivity contribution in [1.82, 2.24) is 0 Å². The Morgan fingerprint density at radius 3 is 1.46 bits per heavy atom. The van der Waals surface area contributed by atoms with Crippen LogP contribution in [0.15, 0.2) is 0 Å². The second kappa shape index (κ2) is 21.1.